The van der Waals surface area contributed by atoms with Crippen molar-refractivity contribution in [2.75, 3.05) is 0 Å². The molecule has 0 aliphatic rings. The van der Waals surface area contributed by atoms with Gasteiger partial charge in [-0.1, -0.05) is 0 Å². The highest BCUT2D eigenvalue weighted by atomic mass is 15.2. The first-order chi connectivity index (χ1) is 5.97. The lowest BCUT2D eigenvalue weighted by atomic mass is 10.5. The third-order valence-corrected chi connectivity index (χ3v) is 1.17. The van der Waals surface area contributed by atoms with E-state index in [0.717, 1.165) is 0 Å². The van der Waals surface area contributed by atoms with Gasteiger partial charge in [-0.3, -0.25) is 0 Å². The van der Waals surface area contributed by atoms with Crippen LogP contribution in [-0.4, -0.2) is 30.4 Å². The molecule has 2 aromatic rings. The third kappa shape index (κ3) is 1.22. The molecule has 6 nitrogen and oxygen atoms in total. The number of rotatable bonds is 1. The Morgan fingerprint density at radius 2 is 1.17 bits per heavy atom. The summed E-state index contributed by atoms with van der Waals surface area (Å²) in [5.74, 6) is 0.760. The predicted molar refractivity (Wildman–Crippen MR) is 38.6 cm³/mol. The molecular formula is C6H4N6. The molecule has 0 aliphatic carbocycles. The van der Waals surface area contributed by atoms with Crippen molar-refractivity contribution in [3.05, 3.63) is 24.8 Å². The topological polar surface area (TPSA) is 77.3 Å². The van der Waals surface area contributed by atoms with Crippen LogP contribution in [0, 0.1) is 0 Å². The Kier molecular flexibility index (Phi) is 1.65. The largest absolute Gasteiger partial charge is 0.231 e. The van der Waals surface area contributed by atoms with Crippen molar-refractivity contribution in [3.8, 4) is 11.6 Å². The van der Waals surface area contributed by atoms with Crippen LogP contribution in [0.5, 0.6) is 0 Å². The molecule has 0 spiro atoms. The van der Waals surface area contributed by atoms with Crippen molar-refractivity contribution in [1.29, 1.82) is 0 Å². The Balaban J connectivity index is 2.46. The summed E-state index contributed by atoms with van der Waals surface area (Å²) in [6.45, 7) is 0. The van der Waals surface area contributed by atoms with Gasteiger partial charge in [0.1, 0.15) is 0 Å². The fourth-order valence-electron chi connectivity index (χ4n) is 0.700. The Labute approximate surface area is 67.7 Å². The van der Waals surface area contributed by atoms with Gasteiger partial charge >= 0.3 is 0 Å². The van der Waals surface area contributed by atoms with Crippen molar-refractivity contribution in [3.63, 3.8) is 0 Å². The highest BCUT2D eigenvalue weighted by Gasteiger charge is 2.01. The number of hydrogen-bond donors (Lipinski definition) is 0. The van der Waals surface area contributed by atoms with Gasteiger partial charge in [-0.05, 0) is 0 Å². The van der Waals surface area contributed by atoms with Crippen LogP contribution >= 0.6 is 0 Å². The molecule has 0 N–H and O–H groups in total. The summed E-state index contributed by atoms with van der Waals surface area (Å²) >= 11 is 0. The standard InChI is InChI=1S/C6H4N6/c1-3-9-11-5(7-1)6-8-2-4-10-12-6/h1-4H. The van der Waals surface area contributed by atoms with Crippen LogP contribution in [0.4, 0.5) is 0 Å². The molecule has 0 saturated heterocycles. The summed E-state index contributed by atoms with van der Waals surface area (Å²) in [5, 5.41) is 14.7. The molecule has 0 bridgehead atoms. The van der Waals surface area contributed by atoms with Gasteiger partial charge in [-0.15, -0.1) is 10.2 Å². The van der Waals surface area contributed by atoms with Crippen LogP contribution in [0.25, 0.3) is 11.6 Å². The molecule has 0 saturated carbocycles. The average Bonchev–Trinajstić information content (AvgIpc) is 2.21. The lowest BCUT2D eigenvalue weighted by molar-refractivity contribution is 0.913. The van der Waals surface area contributed by atoms with Gasteiger partial charge in [0.05, 0.1) is 12.4 Å². The minimum atomic E-state index is 0.380. The first kappa shape index (κ1) is 6.71. The highest BCUT2D eigenvalue weighted by Crippen LogP contribution is 2.01. The molecular weight excluding hydrogens is 156 g/mol. The molecule has 0 amide bonds. The summed E-state index contributed by atoms with van der Waals surface area (Å²) in [6.07, 6.45) is 6.02. The van der Waals surface area contributed by atoms with Gasteiger partial charge in [0, 0.05) is 12.4 Å². The van der Waals surface area contributed by atoms with E-state index in [-0.39, 0.29) is 0 Å². The molecule has 2 rings (SSSR count). The Bertz CT molecular complexity index is 309. The fourth-order valence-corrected chi connectivity index (χ4v) is 0.700. The molecule has 0 atom stereocenters. The van der Waals surface area contributed by atoms with Gasteiger partial charge in [0.2, 0.25) is 11.6 Å². The molecule has 58 valence electrons. The van der Waals surface area contributed by atoms with E-state index < -0.39 is 0 Å². The minimum absolute atomic E-state index is 0.380. The summed E-state index contributed by atoms with van der Waals surface area (Å²) in [7, 11) is 0. The second-order valence-corrected chi connectivity index (χ2v) is 1.93. The maximum atomic E-state index is 3.91. The minimum Gasteiger partial charge on any atom is -0.231 e. The second kappa shape index (κ2) is 2.95. The zero-order chi connectivity index (χ0) is 8.23. The number of aromatic nitrogens is 6. The summed E-state index contributed by atoms with van der Waals surface area (Å²) < 4.78 is 0. The van der Waals surface area contributed by atoms with Gasteiger partial charge in [0.15, 0.2) is 0 Å². The summed E-state index contributed by atoms with van der Waals surface area (Å²) in [4.78, 5) is 7.82. The summed E-state index contributed by atoms with van der Waals surface area (Å²) in [6, 6.07) is 0. The molecule has 0 unspecified atom stereocenters. The molecule has 6 heteroatoms. The number of nitrogens with zero attached hydrogens (tertiary/aromatic N) is 6. The van der Waals surface area contributed by atoms with Crippen molar-refractivity contribution >= 4 is 0 Å². The highest BCUT2D eigenvalue weighted by molar-refractivity contribution is 5.38. The van der Waals surface area contributed by atoms with Gasteiger partial charge in [-0.2, -0.15) is 10.2 Å². The normalized spacial score (nSPS) is 9.67. The Hall–Kier alpha value is -1.98. The SMILES string of the molecule is c1cnc(-c2nccnn2)nn1. The molecule has 2 heterocycles. The smallest absolute Gasteiger partial charge is 0.221 e. The zero-order valence-corrected chi connectivity index (χ0v) is 5.99. The monoisotopic (exact) mass is 160 g/mol. The average molecular weight is 160 g/mol. The van der Waals surface area contributed by atoms with Crippen LogP contribution in [0.2, 0.25) is 0 Å². The van der Waals surface area contributed by atoms with E-state index in [2.05, 4.69) is 30.4 Å². The Morgan fingerprint density at radius 3 is 1.50 bits per heavy atom. The first-order valence-electron chi connectivity index (χ1n) is 3.24. The van der Waals surface area contributed by atoms with E-state index in [4.69, 9.17) is 0 Å². The van der Waals surface area contributed by atoms with E-state index in [0.29, 0.717) is 11.6 Å². The molecule has 0 aromatic carbocycles. The molecule has 0 fully saturated rings. The second-order valence-electron chi connectivity index (χ2n) is 1.93. The predicted octanol–water partition coefficient (Wildman–Crippen LogP) is -0.276. The van der Waals surface area contributed by atoms with Crippen molar-refractivity contribution in [2.24, 2.45) is 0 Å². The van der Waals surface area contributed by atoms with Gasteiger partial charge in [-0.25, -0.2) is 9.97 Å². The molecule has 0 radical (unpaired) electrons. The quantitative estimate of drug-likeness (QED) is 0.571. The zero-order valence-electron chi connectivity index (χ0n) is 5.99. The maximum Gasteiger partial charge on any atom is 0.221 e. The summed E-state index contributed by atoms with van der Waals surface area (Å²) in [5.41, 5.74) is 0. The fraction of sp³-hybridized carbons (Fsp3) is 0. The van der Waals surface area contributed by atoms with Crippen molar-refractivity contribution in [1.82, 2.24) is 30.4 Å². The lowest BCUT2D eigenvalue weighted by Gasteiger charge is -1.91. The van der Waals surface area contributed by atoms with Crippen molar-refractivity contribution < 1.29 is 0 Å². The van der Waals surface area contributed by atoms with Crippen LogP contribution in [0.15, 0.2) is 24.8 Å². The van der Waals surface area contributed by atoms with E-state index in [1.165, 1.54) is 24.8 Å². The van der Waals surface area contributed by atoms with Crippen LogP contribution < -0.4 is 0 Å². The molecule has 12 heavy (non-hydrogen) atoms. The van der Waals surface area contributed by atoms with Crippen LogP contribution in [-0.2, 0) is 0 Å². The third-order valence-electron chi connectivity index (χ3n) is 1.17. The van der Waals surface area contributed by atoms with Crippen LogP contribution in [0.1, 0.15) is 0 Å². The van der Waals surface area contributed by atoms with E-state index in [9.17, 15) is 0 Å². The maximum absolute atomic E-state index is 3.91. The molecule has 2 aromatic heterocycles. The first-order valence-corrected chi connectivity index (χ1v) is 3.24. The van der Waals surface area contributed by atoms with E-state index in [1.54, 1.807) is 0 Å². The lowest BCUT2D eigenvalue weighted by Crippen LogP contribution is -1.96. The van der Waals surface area contributed by atoms with Crippen LogP contribution in [0.3, 0.4) is 0 Å². The molecule has 0 aliphatic heterocycles. The van der Waals surface area contributed by atoms with Gasteiger partial charge < -0.3 is 0 Å². The van der Waals surface area contributed by atoms with Gasteiger partial charge in [0.25, 0.3) is 0 Å². The Morgan fingerprint density at radius 1 is 0.667 bits per heavy atom. The van der Waals surface area contributed by atoms with E-state index >= 15 is 0 Å². The van der Waals surface area contributed by atoms with E-state index in [1.807, 2.05) is 0 Å². The number of hydrogen-bond acceptors (Lipinski definition) is 6. The van der Waals surface area contributed by atoms with Crippen molar-refractivity contribution in [2.45, 2.75) is 0 Å².